The van der Waals surface area contributed by atoms with E-state index in [2.05, 4.69) is 36.8 Å². The van der Waals surface area contributed by atoms with Gasteiger partial charge in [-0.1, -0.05) is 0 Å². The number of anilines is 3. The van der Waals surface area contributed by atoms with Crippen molar-refractivity contribution in [2.24, 2.45) is 7.05 Å². The molecule has 0 bridgehead atoms. The van der Waals surface area contributed by atoms with E-state index in [9.17, 15) is 18.8 Å². The summed E-state index contributed by atoms with van der Waals surface area (Å²) in [6, 6.07) is 6.46. The van der Waals surface area contributed by atoms with E-state index in [0.717, 1.165) is 0 Å². The fourth-order valence-corrected chi connectivity index (χ4v) is 4.65. The molecular weight excluding hydrogens is 528 g/mol. The standard InChI is InChI=1S/C25H23F2N9O4/c1-35-21-16(11-28)17(39-14-3-6-29-19(9-14)32-24(37)40-15-4-8-38-13-15)12-30-22(21)33-23(35)31-20-10-18-25(26,27)5-2-7-36(18)34-20/h3,6,9-10,12,15H,2,4-5,7-8,13H2,1H3,(H,29,32,37)(H,30,31,33,34)/t15-/m0/s1. The smallest absolute Gasteiger partial charge is 0.413 e. The van der Waals surface area contributed by atoms with Crippen molar-refractivity contribution in [3.8, 4) is 17.6 Å². The van der Waals surface area contributed by atoms with Gasteiger partial charge >= 0.3 is 6.09 Å². The maximum absolute atomic E-state index is 14.3. The van der Waals surface area contributed by atoms with Gasteiger partial charge in [0.15, 0.2) is 17.2 Å². The second-order valence-electron chi connectivity index (χ2n) is 9.34. The summed E-state index contributed by atoms with van der Waals surface area (Å²) in [5, 5.41) is 19.7. The minimum absolute atomic E-state index is 0.143. The van der Waals surface area contributed by atoms with Crippen molar-refractivity contribution in [3.05, 3.63) is 41.9 Å². The topological polar surface area (TPSA) is 154 Å². The second-order valence-corrected chi connectivity index (χ2v) is 9.34. The van der Waals surface area contributed by atoms with Crippen LogP contribution in [0.15, 0.2) is 30.6 Å². The highest BCUT2D eigenvalue weighted by Gasteiger charge is 2.38. The molecule has 206 valence electrons. The van der Waals surface area contributed by atoms with E-state index >= 15 is 0 Å². The van der Waals surface area contributed by atoms with Crippen LogP contribution in [0.1, 0.15) is 30.5 Å². The molecule has 2 aliphatic rings. The van der Waals surface area contributed by atoms with Crippen molar-refractivity contribution < 1.29 is 27.8 Å². The highest BCUT2D eigenvalue weighted by molar-refractivity contribution is 5.85. The number of imidazole rings is 1. The van der Waals surface area contributed by atoms with Crippen molar-refractivity contribution in [2.75, 3.05) is 23.8 Å². The first-order valence-electron chi connectivity index (χ1n) is 12.5. The van der Waals surface area contributed by atoms with Gasteiger partial charge in [0, 0.05) is 44.8 Å². The molecular formula is C25H23F2N9O4. The predicted octanol–water partition coefficient (Wildman–Crippen LogP) is 4.19. The molecule has 6 rings (SSSR count). The first-order valence-corrected chi connectivity index (χ1v) is 12.5. The number of nitrogens with zero attached hydrogens (tertiary/aromatic N) is 7. The Morgan fingerprint density at radius 3 is 2.95 bits per heavy atom. The number of fused-ring (bicyclic) bond motifs is 2. The SMILES string of the molecule is Cn1c(Nc2cc3n(n2)CCCC3(F)F)nc2ncc(Oc3ccnc(NC(=O)O[C@H]4CCOC4)c3)c(C#N)c21. The van der Waals surface area contributed by atoms with Gasteiger partial charge in [-0.05, 0) is 12.5 Å². The maximum atomic E-state index is 14.3. The lowest BCUT2D eigenvalue weighted by molar-refractivity contribution is -0.0364. The average molecular weight is 552 g/mol. The van der Waals surface area contributed by atoms with Crippen LogP contribution in [0.2, 0.25) is 0 Å². The Balaban J connectivity index is 1.23. The van der Waals surface area contributed by atoms with E-state index in [1.807, 2.05) is 0 Å². The van der Waals surface area contributed by atoms with E-state index in [1.165, 1.54) is 29.2 Å². The molecule has 1 amide bonds. The number of rotatable bonds is 6. The van der Waals surface area contributed by atoms with E-state index in [1.54, 1.807) is 17.7 Å². The number of nitrogens with one attached hydrogen (secondary N) is 2. The molecule has 13 nitrogen and oxygen atoms in total. The lowest BCUT2D eigenvalue weighted by Gasteiger charge is -2.22. The Morgan fingerprint density at radius 1 is 1.30 bits per heavy atom. The molecule has 1 atom stereocenters. The second kappa shape index (κ2) is 10.0. The lowest BCUT2D eigenvalue weighted by Crippen LogP contribution is -2.25. The summed E-state index contributed by atoms with van der Waals surface area (Å²) >= 11 is 0. The average Bonchev–Trinajstić information content (AvgIpc) is 3.65. The lowest BCUT2D eigenvalue weighted by atomic mass is 10.1. The third-order valence-corrected chi connectivity index (χ3v) is 6.58. The number of aryl methyl sites for hydroxylation is 2. The Kier molecular flexibility index (Phi) is 6.39. The van der Waals surface area contributed by atoms with Gasteiger partial charge in [0.05, 0.1) is 19.4 Å². The summed E-state index contributed by atoms with van der Waals surface area (Å²) in [6.07, 6.45) is 2.55. The number of hydrogen-bond acceptors (Lipinski definition) is 10. The summed E-state index contributed by atoms with van der Waals surface area (Å²) in [5.74, 6) is -1.86. The fourth-order valence-electron chi connectivity index (χ4n) is 4.65. The van der Waals surface area contributed by atoms with Crippen LogP contribution < -0.4 is 15.4 Å². The van der Waals surface area contributed by atoms with Crippen LogP contribution in [0.4, 0.5) is 31.2 Å². The molecule has 40 heavy (non-hydrogen) atoms. The minimum Gasteiger partial charge on any atom is -0.454 e. The quantitative estimate of drug-likeness (QED) is 0.356. The first kappa shape index (κ1) is 25.4. The van der Waals surface area contributed by atoms with Gasteiger partial charge in [-0.2, -0.15) is 24.1 Å². The van der Waals surface area contributed by atoms with Crippen molar-refractivity contribution in [2.45, 2.75) is 37.8 Å². The largest absolute Gasteiger partial charge is 0.454 e. The normalized spacial score (nSPS) is 17.7. The fraction of sp³-hybridized carbons (Fsp3) is 0.360. The molecule has 2 N–H and O–H groups in total. The molecule has 4 aromatic rings. The number of halogens is 2. The van der Waals surface area contributed by atoms with Crippen LogP contribution in [0.5, 0.6) is 11.5 Å². The molecule has 1 saturated heterocycles. The van der Waals surface area contributed by atoms with Crippen LogP contribution in [0.3, 0.4) is 0 Å². The third-order valence-electron chi connectivity index (χ3n) is 6.58. The number of amides is 1. The molecule has 0 aliphatic carbocycles. The molecule has 0 spiro atoms. The Morgan fingerprint density at radius 2 is 2.17 bits per heavy atom. The Bertz CT molecular complexity index is 1640. The summed E-state index contributed by atoms with van der Waals surface area (Å²) in [4.78, 5) is 25.0. The molecule has 0 radical (unpaired) electrons. The van der Waals surface area contributed by atoms with Gasteiger partial charge in [0.2, 0.25) is 5.95 Å². The summed E-state index contributed by atoms with van der Waals surface area (Å²) in [6.45, 7) is 1.29. The molecule has 15 heteroatoms. The van der Waals surface area contributed by atoms with Gasteiger partial charge in [0.25, 0.3) is 5.92 Å². The Hall–Kier alpha value is -4.84. The molecule has 0 unspecified atom stereocenters. The zero-order valence-corrected chi connectivity index (χ0v) is 21.2. The number of carbonyl (C=O) groups is 1. The van der Waals surface area contributed by atoms with Gasteiger partial charge in [-0.25, -0.2) is 14.8 Å². The van der Waals surface area contributed by atoms with Crippen molar-refractivity contribution in [3.63, 3.8) is 0 Å². The van der Waals surface area contributed by atoms with E-state index < -0.39 is 12.0 Å². The van der Waals surface area contributed by atoms with Gasteiger partial charge in [0.1, 0.15) is 40.5 Å². The van der Waals surface area contributed by atoms with Crippen LogP contribution in [0.25, 0.3) is 11.2 Å². The van der Waals surface area contributed by atoms with Gasteiger partial charge in [-0.15, -0.1) is 0 Å². The third kappa shape index (κ3) is 4.84. The van der Waals surface area contributed by atoms with E-state index in [4.69, 9.17) is 14.2 Å². The zero-order chi connectivity index (χ0) is 27.9. The highest BCUT2D eigenvalue weighted by atomic mass is 19.3. The van der Waals surface area contributed by atoms with Crippen LogP contribution >= 0.6 is 0 Å². The number of alkyl halides is 2. The summed E-state index contributed by atoms with van der Waals surface area (Å²) in [7, 11) is 1.66. The van der Waals surface area contributed by atoms with Gasteiger partial charge < -0.3 is 24.1 Å². The molecule has 1 fully saturated rings. The molecule has 0 saturated carbocycles. The predicted molar refractivity (Wildman–Crippen MR) is 136 cm³/mol. The van der Waals surface area contributed by atoms with E-state index in [0.29, 0.717) is 38.1 Å². The van der Waals surface area contributed by atoms with Crippen molar-refractivity contribution in [1.29, 1.82) is 5.26 Å². The maximum Gasteiger partial charge on any atom is 0.413 e. The highest BCUT2D eigenvalue weighted by Crippen LogP contribution is 2.38. The molecule has 6 heterocycles. The zero-order valence-electron chi connectivity index (χ0n) is 21.2. The number of pyridine rings is 2. The van der Waals surface area contributed by atoms with Crippen LogP contribution in [-0.2, 0) is 29.0 Å². The van der Waals surface area contributed by atoms with Crippen LogP contribution in [0, 0.1) is 11.3 Å². The number of aromatic nitrogens is 6. The number of ether oxygens (including phenoxy) is 3. The summed E-state index contributed by atoms with van der Waals surface area (Å²) < 4.78 is 47.8. The first-order chi connectivity index (χ1) is 19.3. The van der Waals surface area contributed by atoms with Gasteiger partial charge in [-0.3, -0.25) is 10.00 Å². The van der Waals surface area contributed by atoms with Crippen LogP contribution in [-0.4, -0.2) is 54.7 Å². The number of nitriles is 1. The molecule has 4 aromatic heterocycles. The van der Waals surface area contributed by atoms with Crippen molar-refractivity contribution in [1.82, 2.24) is 29.3 Å². The number of hydrogen-bond donors (Lipinski definition) is 2. The molecule has 0 aromatic carbocycles. The minimum atomic E-state index is -2.95. The summed E-state index contributed by atoms with van der Waals surface area (Å²) in [5.41, 5.74) is 0.611. The number of carbonyl (C=O) groups excluding carboxylic acids is 1. The monoisotopic (exact) mass is 551 g/mol. The van der Waals surface area contributed by atoms with E-state index in [-0.39, 0.29) is 58.5 Å². The molecule has 2 aliphatic heterocycles. The van der Waals surface area contributed by atoms with Crippen molar-refractivity contribution >= 4 is 34.8 Å². The Labute approximate surface area is 225 Å².